The average Bonchev–Trinajstić information content (AvgIpc) is 4.04. The molecule has 0 aliphatic carbocycles. The minimum absolute atomic E-state index is 0. The van der Waals surface area contributed by atoms with E-state index in [9.17, 15) is 0 Å². The van der Waals surface area contributed by atoms with E-state index in [2.05, 4.69) is 237 Å². The molecule has 5 heterocycles. The molecule has 0 saturated heterocycles. The molecule has 3 aromatic heterocycles. The Kier molecular flexibility index (Phi) is 14.3. The maximum absolute atomic E-state index is 5.57. The molecule has 0 atom stereocenters. The summed E-state index contributed by atoms with van der Waals surface area (Å²) in [6.45, 7) is 41.7. The van der Waals surface area contributed by atoms with Crippen LogP contribution in [0.4, 0.5) is 0 Å². The fourth-order valence-electron chi connectivity index (χ4n) is 9.65. The molecule has 0 N–H and O–H groups in total. The standard InChI is InChI=1S/C59H71BrN4Si.Zn/c1-35(2)65(36(3)4,37(5)6)28-27-44-45-19-21-47(61-45)53(38-29-40(56(7,8)9)33-41(30-38)57(10,11)12)49-23-25-51(63-49)55(60)52-26-24-50(64-52)54(48-22-20-46(44)62-48)39-31-42(58(13,14)15)34-43(32-39)59(16,17)18;/h19-26,29-37H,1-18H3;/q-2;+2. The van der Waals surface area contributed by atoms with Gasteiger partial charge in [-0.1, -0.05) is 191 Å². The van der Waals surface area contributed by atoms with Crippen LogP contribution >= 0.6 is 15.9 Å². The van der Waals surface area contributed by atoms with Crippen LogP contribution in [0.1, 0.15) is 175 Å². The van der Waals surface area contributed by atoms with Crippen LogP contribution in [0, 0.1) is 11.5 Å². The van der Waals surface area contributed by atoms with Gasteiger partial charge in [0.15, 0.2) is 0 Å². The van der Waals surface area contributed by atoms with Crippen LogP contribution in [-0.4, -0.2) is 18.0 Å². The molecule has 0 amide bonds. The molecule has 0 fully saturated rings. The Morgan fingerprint density at radius 1 is 0.470 bits per heavy atom. The summed E-state index contributed by atoms with van der Waals surface area (Å²) in [4.78, 5) is 21.9. The summed E-state index contributed by atoms with van der Waals surface area (Å²) < 4.78 is 0.838. The summed E-state index contributed by atoms with van der Waals surface area (Å²) in [5.74, 6) is 3.88. The van der Waals surface area contributed by atoms with Crippen LogP contribution in [0.25, 0.3) is 68.6 Å². The van der Waals surface area contributed by atoms with Crippen molar-refractivity contribution >= 4 is 70.4 Å². The van der Waals surface area contributed by atoms with Crippen LogP contribution in [0.3, 0.4) is 0 Å². The molecule has 2 aliphatic rings. The van der Waals surface area contributed by atoms with E-state index >= 15 is 0 Å². The summed E-state index contributed by atoms with van der Waals surface area (Å²) >= 11 is 4.00. The van der Waals surface area contributed by atoms with E-state index in [1.807, 2.05) is 0 Å². The van der Waals surface area contributed by atoms with Crippen molar-refractivity contribution in [1.82, 2.24) is 19.9 Å². The minimum atomic E-state index is -2.16. The summed E-state index contributed by atoms with van der Waals surface area (Å²) in [7, 11) is -2.16. The molecule has 4 nitrogen and oxygen atoms in total. The van der Waals surface area contributed by atoms with E-state index in [-0.39, 0.29) is 41.1 Å². The number of aromatic nitrogens is 4. The molecule has 2 aromatic carbocycles. The first-order valence-corrected chi connectivity index (χ1v) is 26.7. The van der Waals surface area contributed by atoms with E-state index in [0.29, 0.717) is 16.6 Å². The molecule has 7 rings (SSSR count). The van der Waals surface area contributed by atoms with Gasteiger partial charge in [0.1, 0.15) is 8.07 Å². The van der Waals surface area contributed by atoms with Gasteiger partial charge in [-0.25, -0.2) is 9.97 Å². The van der Waals surface area contributed by atoms with Crippen molar-refractivity contribution in [3.63, 3.8) is 0 Å². The number of hydrogen-bond donors (Lipinski definition) is 0. The summed E-state index contributed by atoms with van der Waals surface area (Å²) in [6.07, 6.45) is 8.54. The van der Waals surface area contributed by atoms with Gasteiger partial charge < -0.3 is 9.97 Å². The average molecular weight is 1010 g/mol. The van der Waals surface area contributed by atoms with E-state index < -0.39 is 8.07 Å². The Morgan fingerprint density at radius 2 is 0.803 bits per heavy atom. The van der Waals surface area contributed by atoms with Gasteiger partial charge in [-0.05, 0) is 123 Å². The number of fused-ring (bicyclic) bond motifs is 8. The van der Waals surface area contributed by atoms with Gasteiger partial charge in [0, 0.05) is 10.0 Å². The predicted octanol–water partition coefficient (Wildman–Crippen LogP) is 16.8. The van der Waals surface area contributed by atoms with Crippen molar-refractivity contribution in [1.29, 1.82) is 0 Å². The van der Waals surface area contributed by atoms with Crippen molar-refractivity contribution in [2.24, 2.45) is 0 Å². The molecule has 8 bridgehead atoms. The molecule has 5 aromatic rings. The molecule has 7 heteroatoms. The van der Waals surface area contributed by atoms with Gasteiger partial charge in [-0.15, -0.1) is 27.6 Å². The van der Waals surface area contributed by atoms with Gasteiger partial charge in [0.2, 0.25) is 0 Å². The Bertz CT molecular complexity index is 2810. The molecular weight excluding hydrogens is 938 g/mol. The van der Waals surface area contributed by atoms with Gasteiger partial charge in [-0.3, -0.25) is 0 Å². The third-order valence-electron chi connectivity index (χ3n) is 13.7. The van der Waals surface area contributed by atoms with Crippen molar-refractivity contribution in [3.8, 4) is 33.7 Å². The minimum Gasteiger partial charge on any atom is -0.656 e. The first kappa shape index (κ1) is 51.3. The Hall–Kier alpha value is -4.08. The van der Waals surface area contributed by atoms with Gasteiger partial charge >= 0.3 is 19.5 Å². The second kappa shape index (κ2) is 18.4. The fourth-order valence-corrected chi connectivity index (χ4v) is 15.3. The quantitative estimate of drug-likeness (QED) is 0.127. The number of benzene rings is 2. The maximum Gasteiger partial charge on any atom is 2.00 e. The van der Waals surface area contributed by atoms with Gasteiger partial charge in [0.25, 0.3) is 0 Å². The third-order valence-corrected chi connectivity index (χ3v) is 20.8. The molecule has 66 heavy (non-hydrogen) atoms. The number of hydrogen-bond acceptors (Lipinski definition) is 2. The first-order valence-electron chi connectivity index (χ1n) is 23.7. The topological polar surface area (TPSA) is 54.0 Å². The van der Waals surface area contributed by atoms with Gasteiger partial charge in [0.05, 0.1) is 22.8 Å². The zero-order chi connectivity index (χ0) is 47.8. The smallest absolute Gasteiger partial charge is 0.656 e. The Labute approximate surface area is 419 Å². The fraction of sp³-hybridized carbons (Fsp3) is 0.424. The second-order valence-electron chi connectivity index (χ2n) is 23.5. The molecule has 340 valence electrons. The van der Waals surface area contributed by atoms with Crippen molar-refractivity contribution < 1.29 is 19.5 Å². The molecule has 0 spiro atoms. The van der Waals surface area contributed by atoms with Crippen LogP contribution < -0.4 is 9.97 Å². The van der Waals surface area contributed by atoms with Crippen molar-refractivity contribution in [2.45, 2.75) is 163 Å². The number of halogens is 1. The normalized spacial score (nSPS) is 13.4. The van der Waals surface area contributed by atoms with Crippen LogP contribution in [0.15, 0.2) is 65.1 Å². The zero-order valence-electron chi connectivity index (χ0n) is 43.2. The SMILES string of the molecule is CC(C)[Si](C#Cc1c2nc(c(-c3cc(C(C)(C)C)cc(C(C)(C)C)c3)c3ccc([n-]3)c(Br)c3nc(c(-c4cc(C(C)(C)C)cc(C(C)(C)C)c4)c4ccc1[n-]4)C=C3)C=C2)(C(C)C)C(C)C.[Zn+2]. The van der Waals surface area contributed by atoms with Crippen molar-refractivity contribution in [3.05, 3.63) is 116 Å². The maximum atomic E-state index is 5.57. The van der Waals surface area contributed by atoms with Crippen molar-refractivity contribution in [2.75, 3.05) is 0 Å². The van der Waals surface area contributed by atoms with Crippen LogP contribution in [-0.2, 0) is 41.1 Å². The van der Waals surface area contributed by atoms with E-state index in [0.717, 1.165) is 77.1 Å². The molecule has 0 saturated carbocycles. The third kappa shape index (κ3) is 10.0. The van der Waals surface area contributed by atoms with E-state index in [1.54, 1.807) is 0 Å². The Balaban J connectivity index is 0.00000720. The predicted molar refractivity (Wildman–Crippen MR) is 288 cm³/mol. The zero-order valence-corrected chi connectivity index (χ0v) is 48.7. The summed E-state index contributed by atoms with van der Waals surface area (Å²) in [5, 5.41) is 0. The monoisotopic (exact) mass is 1010 g/mol. The summed E-state index contributed by atoms with van der Waals surface area (Å²) in [6, 6.07) is 22.7. The van der Waals surface area contributed by atoms with E-state index in [4.69, 9.17) is 19.9 Å². The second-order valence-corrected chi connectivity index (χ2v) is 29.9. The Morgan fingerprint density at radius 3 is 1.20 bits per heavy atom. The van der Waals surface area contributed by atoms with Crippen LogP contribution in [0.2, 0.25) is 16.6 Å². The largest absolute Gasteiger partial charge is 2.00 e. The molecular formula is C59H71BrN4SiZn. The van der Waals surface area contributed by atoms with Crippen LogP contribution in [0.5, 0.6) is 0 Å². The van der Waals surface area contributed by atoms with Gasteiger partial charge in [-0.2, -0.15) is 0 Å². The number of nitrogens with zero attached hydrogens (tertiary/aromatic N) is 4. The molecule has 0 radical (unpaired) electrons. The summed E-state index contributed by atoms with van der Waals surface area (Å²) in [5.41, 5.74) is 22.1. The van der Waals surface area contributed by atoms with E-state index in [1.165, 1.54) is 22.3 Å². The molecule has 2 aliphatic heterocycles. The molecule has 0 unspecified atom stereocenters. The number of rotatable bonds is 5. The first-order chi connectivity index (χ1) is 30.1.